The van der Waals surface area contributed by atoms with Crippen LogP contribution in [0.4, 0.5) is 0 Å². The van der Waals surface area contributed by atoms with Gasteiger partial charge in [-0.3, -0.25) is 9.59 Å². The highest BCUT2D eigenvalue weighted by Crippen LogP contribution is 2.09. The summed E-state index contributed by atoms with van der Waals surface area (Å²) in [5.41, 5.74) is 2.26. The minimum absolute atomic E-state index is 0.0375. The van der Waals surface area contributed by atoms with Crippen LogP contribution in [-0.2, 0) is 6.54 Å². The van der Waals surface area contributed by atoms with Crippen molar-refractivity contribution in [3.63, 3.8) is 0 Å². The molecule has 1 heterocycles. The molecule has 2 rings (SSSR count). The van der Waals surface area contributed by atoms with Crippen LogP contribution in [-0.4, -0.2) is 10.4 Å². The molecule has 0 aliphatic heterocycles. The molecule has 0 amide bonds. The minimum atomic E-state index is -0.142. The number of Topliss-reactive ketones (excluding diaryl/α,β-unsaturated/α-hetero) is 1. The van der Waals surface area contributed by atoms with Crippen LogP contribution in [0.1, 0.15) is 21.6 Å². The van der Waals surface area contributed by atoms with E-state index in [4.69, 9.17) is 0 Å². The molecular weight excluding hydrogens is 226 g/mol. The highest BCUT2D eigenvalue weighted by Gasteiger charge is 2.10. The van der Waals surface area contributed by atoms with E-state index in [1.807, 2.05) is 38.1 Å². The number of rotatable bonds is 3. The van der Waals surface area contributed by atoms with Crippen LogP contribution in [0.2, 0.25) is 0 Å². The summed E-state index contributed by atoms with van der Waals surface area (Å²) in [6.07, 6.45) is 0. The number of carbonyl (C=O) groups is 1. The van der Waals surface area contributed by atoms with Gasteiger partial charge in [-0.15, -0.1) is 0 Å². The van der Waals surface area contributed by atoms with Gasteiger partial charge >= 0.3 is 0 Å². The summed E-state index contributed by atoms with van der Waals surface area (Å²) in [6.45, 7) is 3.82. The molecule has 3 heteroatoms. The second kappa shape index (κ2) is 5.00. The Bertz CT molecular complexity index is 641. The summed E-state index contributed by atoms with van der Waals surface area (Å²) < 4.78 is 1.49. The summed E-state index contributed by atoms with van der Waals surface area (Å²) in [7, 11) is 0. The van der Waals surface area contributed by atoms with E-state index in [1.165, 1.54) is 10.6 Å². The summed E-state index contributed by atoms with van der Waals surface area (Å²) >= 11 is 0. The number of carbonyl (C=O) groups excluding carboxylic acids is 1. The molecule has 0 bridgehead atoms. The van der Waals surface area contributed by atoms with Crippen LogP contribution < -0.4 is 5.56 Å². The SMILES string of the molecule is Cc1ccccc1C(=O)Cn1c(C)cccc1=O. The Morgan fingerprint density at radius 2 is 1.78 bits per heavy atom. The van der Waals surface area contributed by atoms with Crippen molar-refractivity contribution in [1.82, 2.24) is 4.57 Å². The van der Waals surface area contributed by atoms with Crippen molar-refractivity contribution in [3.05, 3.63) is 69.6 Å². The fourth-order valence-corrected chi connectivity index (χ4v) is 1.94. The quantitative estimate of drug-likeness (QED) is 0.774. The van der Waals surface area contributed by atoms with E-state index in [0.717, 1.165) is 11.3 Å². The van der Waals surface area contributed by atoms with Gasteiger partial charge in [-0.05, 0) is 25.5 Å². The fourth-order valence-electron chi connectivity index (χ4n) is 1.94. The molecule has 0 atom stereocenters. The molecule has 0 aliphatic carbocycles. The van der Waals surface area contributed by atoms with Crippen molar-refractivity contribution in [2.24, 2.45) is 0 Å². The number of benzene rings is 1. The van der Waals surface area contributed by atoms with Gasteiger partial charge in [0, 0.05) is 17.3 Å². The zero-order valence-corrected chi connectivity index (χ0v) is 10.5. The van der Waals surface area contributed by atoms with Crippen LogP contribution in [0.15, 0.2) is 47.3 Å². The molecule has 0 saturated heterocycles. The number of pyridine rings is 1. The van der Waals surface area contributed by atoms with Gasteiger partial charge in [-0.2, -0.15) is 0 Å². The van der Waals surface area contributed by atoms with Gasteiger partial charge in [0.25, 0.3) is 5.56 Å². The third-order valence-corrected chi connectivity index (χ3v) is 3.02. The van der Waals surface area contributed by atoms with E-state index in [2.05, 4.69) is 0 Å². The first-order chi connectivity index (χ1) is 8.59. The second-order valence-electron chi connectivity index (χ2n) is 4.33. The summed E-state index contributed by atoms with van der Waals surface area (Å²) in [5, 5.41) is 0. The highest BCUT2D eigenvalue weighted by atomic mass is 16.1. The predicted octanol–water partition coefficient (Wildman–Crippen LogP) is 2.35. The fraction of sp³-hybridized carbons (Fsp3) is 0.200. The molecule has 92 valence electrons. The molecule has 0 radical (unpaired) electrons. The maximum atomic E-state index is 12.2. The molecule has 0 fully saturated rings. The zero-order chi connectivity index (χ0) is 13.1. The third-order valence-electron chi connectivity index (χ3n) is 3.02. The van der Waals surface area contributed by atoms with Gasteiger partial charge < -0.3 is 4.57 Å². The number of aryl methyl sites for hydroxylation is 2. The van der Waals surface area contributed by atoms with E-state index >= 15 is 0 Å². The first kappa shape index (κ1) is 12.3. The molecule has 0 aliphatic rings. The van der Waals surface area contributed by atoms with Gasteiger partial charge in [0.2, 0.25) is 0 Å². The molecule has 2 aromatic rings. The van der Waals surface area contributed by atoms with Crippen molar-refractivity contribution in [2.45, 2.75) is 20.4 Å². The molecule has 0 saturated carbocycles. The van der Waals surface area contributed by atoms with Crippen molar-refractivity contribution in [2.75, 3.05) is 0 Å². The Labute approximate surface area is 106 Å². The first-order valence-electron chi connectivity index (χ1n) is 5.85. The van der Waals surface area contributed by atoms with Crippen LogP contribution in [0.25, 0.3) is 0 Å². The van der Waals surface area contributed by atoms with Gasteiger partial charge in [-0.1, -0.05) is 30.3 Å². The lowest BCUT2D eigenvalue weighted by Gasteiger charge is -2.09. The molecule has 0 N–H and O–H groups in total. The molecule has 18 heavy (non-hydrogen) atoms. The van der Waals surface area contributed by atoms with Crippen LogP contribution >= 0.6 is 0 Å². The van der Waals surface area contributed by atoms with E-state index in [-0.39, 0.29) is 17.9 Å². The topological polar surface area (TPSA) is 39.1 Å². The van der Waals surface area contributed by atoms with Gasteiger partial charge in [0.05, 0.1) is 6.54 Å². The Balaban J connectivity index is 2.33. The summed E-state index contributed by atoms with van der Waals surface area (Å²) in [5.74, 6) is -0.0375. The van der Waals surface area contributed by atoms with Gasteiger partial charge in [0.1, 0.15) is 0 Å². The lowest BCUT2D eigenvalue weighted by Crippen LogP contribution is -2.25. The van der Waals surface area contributed by atoms with Crippen LogP contribution in [0.5, 0.6) is 0 Å². The lowest BCUT2D eigenvalue weighted by molar-refractivity contribution is 0.0969. The number of nitrogens with zero attached hydrogens (tertiary/aromatic N) is 1. The van der Waals surface area contributed by atoms with Crippen LogP contribution in [0, 0.1) is 13.8 Å². The normalized spacial score (nSPS) is 10.3. The molecule has 1 aromatic carbocycles. The Morgan fingerprint density at radius 3 is 2.44 bits per heavy atom. The van der Waals surface area contributed by atoms with E-state index < -0.39 is 0 Å². The Morgan fingerprint density at radius 1 is 1.06 bits per heavy atom. The zero-order valence-electron chi connectivity index (χ0n) is 10.5. The van der Waals surface area contributed by atoms with E-state index in [1.54, 1.807) is 12.1 Å². The molecule has 1 aromatic heterocycles. The minimum Gasteiger partial charge on any atom is -0.305 e. The third kappa shape index (κ3) is 2.40. The van der Waals surface area contributed by atoms with E-state index in [9.17, 15) is 9.59 Å². The summed E-state index contributed by atoms with van der Waals surface area (Å²) in [4.78, 5) is 23.9. The Kier molecular flexibility index (Phi) is 3.42. The molecular formula is C15H15NO2. The van der Waals surface area contributed by atoms with Gasteiger partial charge in [-0.25, -0.2) is 0 Å². The number of hydrogen-bond donors (Lipinski definition) is 0. The number of aromatic nitrogens is 1. The predicted molar refractivity (Wildman–Crippen MR) is 70.9 cm³/mol. The largest absolute Gasteiger partial charge is 0.305 e. The highest BCUT2D eigenvalue weighted by molar-refractivity contribution is 5.97. The molecule has 0 unspecified atom stereocenters. The lowest BCUT2D eigenvalue weighted by atomic mass is 10.0. The van der Waals surface area contributed by atoms with Crippen molar-refractivity contribution in [3.8, 4) is 0 Å². The average Bonchev–Trinajstić information content (AvgIpc) is 2.34. The smallest absolute Gasteiger partial charge is 0.251 e. The molecule has 0 spiro atoms. The maximum Gasteiger partial charge on any atom is 0.251 e. The van der Waals surface area contributed by atoms with Crippen LogP contribution in [0.3, 0.4) is 0 Å². The monoisotopic (exact) mass is 241 g/mol. The van der Waals surface area contributed by atoms with Crippen molar-refractivity contribution < 1.29 is 4.79 Å². The Hall–Kier alpha value is -2.16. The second-order valence-corrected chi connectivity index (χ2v) is 4.33. The van der Waals surface area contributed by atoms with Crippen molar-refractivity contribution in [1.29, 1.82) is 0 Å². The van der Waals surface area contributed by atoms with Gasteiger partial charge in [0.15, 0.2) is 5.78 Å². The maximum absolute atomic E-state index is 12.2. The number of ketones is 1. The molecule has 3 nitrogen and oxygen atoms in total. The average molecular weight is 241 g/mol. The summed E-state index contributed by atoms with van der Waals surface area (Å²) in [6, 6.07) is 12.4. The number of hydrogen-bond acceptors (Lipinski definition) is 2. The first-order valence-corrected chi connectivity index (χ1v) is 5.85. The van der Waals surface area contributed by atoms with E-state index in [0.29, 0.717) is 5.56 Å². The standard InChI is InChI=1S/C15H15NO2/c1-11-6-3-4-8-13(11)14(17)10-16-12(2)7-5-9-15(16)18/h3-9H,10H2,1-2H3. The van der Waals surface area contributed by atoms with Crippen molar-refractivity contribution >= 4 is 5.78 Å².